The summed E-state index contributed by atoms with van der Waals surface area (Å²) in [6.45, 7) is 1.97. The third-order valence-corrected chi connectivity index (χ3v) is 3.46. The van der Waals surface area contributed by atoms with E-state index in [2.05, 4.69) is 26.2 Å². The number of aromatic hydroxyl groups is 1. The first-order valence-electron chi connectivity index (χ1n) is 7.01. The smallest absolute Gasteiger partial charge is 0.224 e. The lowest BCUT2D eigenvalue weighted by Gasteiger charge is -2.04. The quantitative estimate of drug-likeness (QED) is 0.762. The lowest BCUT2D eigenvalue weighted by atomic mass is 10.2. The van der Waals surface area contributed by atoms with Crippen molar-refractivity contribution >= 4 is 39.4 Å². The molecule has 0 fully saturated rings. The van der Waals surface area contributed by atoms with E-state index in [0.29, 0.717) is 12.0 Å². The zero-order valence-electron chi connectivity index (χ0n) is 12.2. The molecule has 0 aliphatic rings. The summed E-state index contributed by atoms with van der Waals surface area (Å²) in [5, 5.41) is 12.6. The van der Waals surface area contributed by atoms with Crippen LogP contribution in [0.3, 0.4) is 0 Å². The number of hydrogen-bond acceptors (Lipinski definition) is 3. The highest BCUT2D eigenvalue weighted by atomic mass is 79.9. The molecule has 1 amide bonds. The van der Waals surface area contributed by atoms with Crippen LogP contribution >= 0.6 is 15.9 Å². The van der Waals surface area contributed by atoms with E-state index >= 15 is 0 Å². The normalized spacial score (nSPS) is 10.8. The summed E-state index contributed by atoms with van der Waals surface area (Å²) < 4.78 is 0.876. The average molecular weight is 361 g/mol. The third-order valence-electron chi connectivity index (χ3n) is 2.97. The largest absolute Gasteiger partial charge is 0.507 e. The summed E-state index contributed by atoms with van der Waals surface area (Å²) in [6.07, 6.45) is 2.94. The molecule has 0 atom stereocenters. The molecule has 5 heteroatoms. The average Bonchev–Trinajstić information content (AvgIpc) is 2.50. The fraction of sp³-hybridized carbons (Fsp3) is 0.176. The van der Waals surface area contributed by atoms with Crippen LogP contribution in [0.5, 0.6) is 5.75 Å². The van der Waals surface area contributed by atoms with Crippen molar-refractivity contribution in [3.63, 3.8) is 0 Å². The number of aliphatic imine (C=N–C) groups is 1. The van der Waals surface area contributed by atoms with Crippen molar-refractivity contribution < 1.29 is 9.90 Å². The van der Waals surface area contributed by atoms with Gasteiger partial charge in [-0.2, -0.15) is 0 Å². The molecule has 0 spiro atoms. The Balaban J connectivity index is 2.06. The zero-order chi connectivity index (χ0) is 15.9. The van der Waals surface area contributed by atoms with E-state index in [1.807, 2.05) is 19.1 Å². The molecule has 2 aromatic carbocycles. The second-order valence-electron chi connectivity index (χ2n) is 4.81. The van der Waals surface area contributed by atoms with Crippen molar-refractivity contribution in [2.45, 2.75) is 19.8 Å². The first-order valence-corrected chi connectivity index (χ1v) is 7.80. The maximum Gasteiger partial charge on any atom is 0.224 e. The van der Waals surface area contributed by atoms with E-state index in [4.69, 9.17) is 0 Å². The van der Waals surface area contributed by atoms with Crippen molar-refractivity contribution in [3.8, 4) is 5.75 Å². The van der Waals surface area contributed by atoms with Gasteiger partial charge in [-0.25, -0.2) is 0 Å². The van der Waals surface area contributed by atoms with Crippen LogP contribution in [0.15, 0.2) is 51.9 Å². The predicted molar refractivity (Wildman–Crippen MR) is 93.0 cm³/mol. The van der Waals surface area contributed by atoms with Crippen LogP contribution in [0.25, 0.3) is 0 Å². The van der Waals surface area contributed by atoms with Gasteiger partial charge < -0.3 is 10.4 Å². The molecule has 0 saturated heterocycles. The highest BCUT2D eigenvalue weighted by Crippen LogP contribution is 2.22. The molecule has 0 bridgehead atoms. The number of anilines is 1. The Morgan fingerprint density at radius 3 is 2.68 bits per heavy atom. The number of rotatable bonds is 5. The Hall–Kier alpha value is -2.14. The number of nitrogens with one attached hydrogen (secondary N) is 1. The van der Waals surface area contributed by atoms with Crippen LogP contribution < -0.4 is 5.32 Å². The van der Waals surface area contributed by atoms with Gasteiger partial charge in [0, 0.05) is 28.4 Å². The van der Waals surface area contributed by atoms with E-state index in [9.17, 15) is 9.90 Å². The third kappa shape index (κ3) is 4.70. The number of nitrogens with zero attached hydrogens (tertiary/aromatic N) is 1. The summed E-state index contributed by atoms with van der Waals surface area (Å²) in [5.74, 6) is 0.188. The summed E-state index contributed by atoms with van der Waals surface area (Å²) >= 11 is 3.35. The topological polar surface area (TPSA) is 61.7 Å². The first kappa shape index (κ1) is 16.2. The minimum Gasteiger partial charge on any atom is -0.507 e. The molecular weight excluding hydrogens is 344 g/mol. The standard InChI is InChI=1S/C17H17BrN2O2/c1-2-3-17(22)20-15-7-5-14(6-8-15)19-11-12-10-13(18)4-9-16(12)21/h4-11,21H,2-3H2,1H3,(H,20,22). The van der Waals surface area contributed by atoms with E-state index in [1.165, 1.54) is 0 Å². The van der Waals surface area contributed by atoms with Crippen LogP contribution in [0.1, 0.15) is 25.3 Å². The van der Waals surface area contributed by atoms with Crippen LogP contribution in [0, 0.1) is 0 Å². The lowest BCUT2D eigenvalue weighted by Crippen LogP contribution is -2.10. The fourth-order valence-electron chi connectivity index (χ4n) is 1.85. The van der Waals surface area contributed by atoms with Gasteiger partial charge >= 0.3 is 0 Å². The number of hydrogen-bond donors (Lipinski definition) is 2. The van der Waals surface area contributed by atoms with E-state index in [1.54, 1.807) is 36.5 Å². The van der Waals surface area contributed by atoms with Gasteiger partial charge in [-0.05, 0) is 48.9 Å². The second-order valence-corrected chi connectivity index (χ2v) is 5.72. The van der Waals surface area contributed by atoms with Crippen molar-refractivity contribution in [1.29, 1.82) is 0 Å². The molecule has 2 aromatic rings. The molecule has 22 heavy (non-hydrogen) atoms. The first-order chi connectivity index (χ1) is 10.6. The molecule has 0 radical (unpaired) electrons. The molecule has 2 N–H and O–H groups in total. The maximum absolute atomic E-state index is 11.5. The van der Waals surface area contributed by atoms with Gasteiger partial charge in [0.25, 0.3) is 0 Å². The number of amides is 1. The lowest BCUT2D eigenvalue weighted by molar-refractivity contribution is -0.116. The maximum atomic E-state index is 11.5. The highest BCUT2D eigenvalue weighted by Gasteiger charge is 2.01. The molecular formula is C17H17BrN2O2. The number of halogens is 1. The van der Waals surface area contributed by atoms with Crippen LogP contribution in [-0.2, 0) is 4.79 Å². The van der Waals surface area contributed by atoms with Crippen LogP contribution in [0.2, 0.25) is 0 Å². The fourth-order valence-corrected chi connectivity index (χ4v) is 2.23. The molecule has 2 rings (SSSR count). The SMILES string of the molecule is CCCC(=O)Nc1ccc(N=Cc2cc(Br)ccc2O)cc1. The molecule has 0 heterocycles. The van der Waals surface area contributed by atoms with Gasteiger partial charge in [0.15, 0.2) is 0 Å². The molecule has 114 valence electrons. The minimum absolute atomic E-state index is 0.0119. The predicted octanol–water partition coefficient (Wildman–Crippen LogP) is 4.64. The summed E-state index contributed by atoms with van der Waals surface area (Å²) in [4.78, 5) is 15.8. The number of phenols is 1. The highest BCUT2D eigenvalue weighted by molar-refractivity contribution is 9.10. The summed E-state index contributed by atoms with van der Waals surface area (Å²) in [5.41, 5.74) is 2.13. The monoisotopic (exact) mass is 360 g/mol. The molecule has 0 aliphatic carbocycles. The van der Waals surface area contributed by atoms with E-state index in [0.717, 1.165) is 22.3 Å². The van der Waals surface area contributed by atoms with Gasteiger partial charge in [0.2, 0.25) is 5.91 Å². The second kappa shape index (κ2) is 7.75. The van der Waals surface area contributed by atoms with Crippen LogP contribution in [0.4, 0.5) is 11.4 Å². The number of phenolic OH excluding ortho intramolecular Hbond substituents is 1. The minimum atomic E-state index is 0.0119. The Morgan fingerprint density at radius 2 is 2.00 bits per heavy atom. The summed E-state index contributed by atoms with van der Waals surface area (Å²) in [7, 11) is 0. The van der Waals surface area contributed by atoms with Crippen molar-refractivity contribution in [3.05, 3.63) is 52.5 Å². The van der Waals surface area contributed by atoms with Crippen LogP contribution in [-0.4, -0.2) is 17.2 Å². The van der Waals surface area contributed by atoms with E-state index in [-0.39, 0.29) is 11.7 Å². The van der Waals surface area contributed by atoms with Crippen molar-refractivity contribution in [2.24, 2.45) is 4.99 Å². The molecule has 0 aliphatic heterocycles. The van der Waals surface area contributed by atoms with Crippen molar-refractivity contribution in [2.75, 3.05) is 5.32 Å². The number of benzene rings is 2. The van der Waals surface area contributed by atoms with Gasteiger partial charge in [-0.1, -0.05) is 22.9 Å². The number of carbonyl (C=O) groups is 1. The van der Waals surface area contributed by atoms with Gasteiger partial charge in [-0.15, -0.1) is 0 Å². The van der Waals surface area contributed by atoms with Crippen molar-refractivity contribution in [1.82, 2.24) is 0 Å². The van der Waals surface area contributed by atoms with Gasteiger partial charge in [0.05, 0.1) is 5.69 Å². The molecule has 0 aromatic heterocycles. The summed E-state index contributed by atoms with van der Waals surface area (Å²) in [6, 6.07) is 12.4. The molecule has 0 saturated carbocycles. The Labute approximate surface area is 138 Å². The molecule has 4 nitrogen and oxygen atoms in total. The number of carbonyl (C=O) groups excluding carboxylic acids is 1. The zero-order valence-corrected chi connectivity index (χ0v) is 13.8. The Kier molecular flexibility index (Phi) is 5.72. The van der Waals surface area contributed by atoms with Gasteiger partial charge in [0.1, 0.15) is 5.75 Å². The van der Waals surface area contributed by atoms with E-state index < -0.39 is 0 Å². The molecule has 0 unspecified atom stereocenters. The van der Waals surface area contributed by atoms with Gasteiger partial charge in [-0.3, -0.25) is 9.79 Å². The Morgan fingerprint density at radius 1 is 1.27 bits per heavy atom. The Bertz CT molecular complexity index is 682.